The quantitative estimate of drug-likeness (QED) is 0.792. The van der Waals surface area contributed by atoms with Gasteiger partial charge in [0.1, 0.15) is 11.5 Å². The van der Waals surface area contributed by atoms with E-state index >= 15 is 0 Å². The molecule has 1 aromatic carbocycles. The van der Waals surface area contributed by atoms with Crippen LogP contribution in [0.15, 0.2) is 30.5 Å². The van der Waals surface area contributed by atoms with Gasteiger partial charge in [0, 0.05) is 37.9 Å². The van der Waals surface area contributed by atoms with E-state index in [1.54, 1.807) is 18.2 Å². The first kappa shape index (κ1) is 18.2. The van der Waals surface area contributed by atoms with Crippen molar-refractivity contribution in [3.63, 3.8) is 0 Å². The number of anilines is 1. The molecule has 1 fully saturated rings. The number of alkyl halides is 2. The predicted molar refractivity (Wildman–Crippen MR) is 90.1 cm³/mol. The molecule has 1 aliphatic carbocycles. The molecule has 6 nitrogen and oxygen atoms in total. The second-order valence-corrected chi connectivity index (χ2v) is 6.33. The summed E-state index contributed by atoms with van der Waals surface area (Å²) in [6, 6.07) is 7.01. The fraction of sp³-hybridized carbons (Fsp3) is 0.389. The number of amides is 1. The Kier molecular flexibility index (Phi) is 5.13. The van der Waals surface area contributed by atoms with Gasteiger partial charge in [0.2, 0.25) is 0 Å². The number of benzene rings is 1. The number of carbonyl (C=O) groups excluding carboxylic acids is 2. The molecule has 2 aromatic rings. The van der Waals surface area contributed by atoms with Crippen LogP contribution in [0.25, 0.3) is 0 Å². The monoisotopic (exact) mass is 363 g/mol. The molecule has 0 unspecified atom stereocenters. The molecule has 1 aliphatic rings. The molecule has 2 N–H and O–H groups in total. The van der Waals surface area contributed by atoms with E-state index in [1.807, 2.05) is 6.07 Å². The first-order valence-electron chi connectivity index (χ1n) is 8.28. The number of hydrogen-bond donors (Lipinski definition) is 2. The fourth-order valence-electron chi connectivity index (χ4n) is 3.16. The van der Waals surface area contributed by atoms with Crippen molar-refractivity contribution in [3.05, 3.63) is 47.3 Å². The highest BCUT2D eigenvalue weighted by Crippen LogP contribution is 2.50. The van der Waals surface area contributed by atoms with Gasteiger partial charge in [0.25, 0.3) is 12.3 Å². The Hall–Kier alpha value is -2.61. The molecule has 1 aromatic heterocycles. The molecule has 0 saturated heterocycles. The number of hydrogen-bond acceptors (Lipinski definition) is 4. The zero-order valence-corrected chi connectivity index (χ0v) is 14.2. The van der Waals surface area contributed by atoms with Gasteiger partial charge < -0.3 is 10.4 Å². The lowest BCUT2D eigenvalue weighted by Gasteiger charge is -2.11. The third-order valence-corrected chi connectivity index (χ3v) is 4.48. The lowest BCUT2D eigenvalue weighted by atomic mass is 10.0. The van der Waals surface area contributed by atoms with Crippen LogP contribution in [0.1, 0.15) is 46.8 Å². The van der Waals surface area contributed by atoms with Crippen LogP contribution in [0.5, 0.6) is 0 Å². The number of rotatable bonds is 7. The highest BCUT2D eigenvalue weighted by atomic mass is 19.3. The molecule has 0 radical (unpaired) electrons. The molecule has 0 aliphatic heterocycles. The Morgan fingerprint density at radius 2 is 2.12 bits per heavy atom. The average Bonchev–Trinajstić information content (AvgIpc) is 3.30. The summed E-state index contributed by atoms with van der Waals surface area (Å²) >= 11 is 0. The molecule has 8 heteroatoms. The van der Waals surface area contributed by atoms with Crippen molar-refractivity contribution in [2.75, 3.05) is 11.9 Å². The number of aromatic nitrogens is 2. The van der Waals surface area contributed by atoms with Gasteiger partial charge in [-0.1, -0.05) is 18.2 Å². The Morgan fingerprint density at radius 3 is 2.81 bits per heavy atom. The van der Waals surface area contributed by atoms with Crippen LogP contribution in [0.3, 0.4) is 0 Å². The summed E-state index contributed by atoms with van der Waals surface area (Å²) in [5.41, 5.74) is 0.538. The molecule has 1 saturated carbocycles. The normalized spacial score (nSPS) is 18.8. The fourth-order valence-corrected chi connectivity index (χ4v) is 3.16. The molecule has 1 amide bonds. The average molecular weight is 363 g/mol. The highest BCUT2D eigenvalue weighted by Gasteiger charge is 2.44. The standard InChI is InChI=1S/C18H19F2N3O3/c1-23-9-13(16(22-23)17(19)20)18(26)21-14-5-3-2-4-10(14)11-8-12(11)15(25)6-7-24/h2-5,9,11-12,17,24H,6-8H2,1H3,(H,21,26)/t11-,12+/m1/s1. The van der Waals surface area contributed by atoms with Gasteiger partial charge in [0.15, 0.2) is 0 Å². The third kappa shape index (κ3) is 3.65. The number of aliphatic hydroxyl groups is 1. The molecule has 26 heavy (non-hydrogen) atoms. The minimum Gasteiger partial charge on any atom is -0.396 e. The number of aliphatic hydroxyl groups excluding tert-OH is 1. The van der Waals surface area contributed by atoms with Gasteiger partial charge in [-0.3, -0.25) is 14.3 Å². The molecule has 0 spiro atoms. The maximum absolute atomic E-state index is 13.1. The van der Waals surface area contributed by atoms with Gasteiger partial charge in [-0.05, 0) is 24.0 Å². The van der Waals surface area contributed by atoms with Gasteiger partial charge >= 0.3 is 0 Å². The zero-order valence-electron chi connectivity index (χ0n) is 14.2. The highest BCUT2D eigenvalue weighted by molar-refractivity contribution is 6.05. The molecule has 138 valence electrons. The zero-order chi connectivity index (χ0) is 18.8. The van der Waals surface area contributed by atoms with Gasteiger partial charge in [-0.25, -0.2) is 8.78 Å². The van der Waals surface area contributed by atoms with Crippen molar-refractivity contribution >= 4 is 17.4 Å². The molecular weight excluding hydrogens is 344 g/mol. The molecule has 0 bridgehead atoms. The summed E-state index contributed by atoms with van der Waals surface area (Å²) < 4.78 is 27.3. The largest absolute Gasteiger partial charge is 0.396 e. The number of para-hydroxylation sites is 1. The topological polar surface area (TPSA) is 84.2 Å². The molecule has 3 rings (SSSR count). The van der Waals surface area contributed by atoms with Crippen molar-refractivity contribution in [2.24, 2.45) is 13.0 Å². The van der Waals surface area contributed by atoms with Crippen LogP contribution in [-0.4, -0.2) is 33.2 Å². The van der Waals surface area contributed by atoms with Crippen molar-refractivity contribution in [1.82, 2.24) is 9.78 Å². The van der Waals surface area contributed by atoms with E-state index in [1.165, 1.54) is 17.9 Å². The minimum absolute atomic E-state index is 0.00845. The first-order valence-corrected chi connectivity index (χ1v) is 8.28. The van der Waals surface area contributed by atoms with Crippen molar-refractivity contribution in [3.8, 4) is 0 Å². The Bertz CT molecular complexity index is 835. The van der Waals surface area contributed by atoms with E-state index in [-0.39, 0.29) is 36.2 Å². The van der Waals surface area contributed by atoms with Crippen LogP contribution < -0.4 is 5.32 Å². The second-order valence-electron chi connectivity index (χ2n) is 6.33. The molecule has 1 heterocycles. The van der Waals surface area contributed by atoms with Crippen molar-refractivity contribution in [1.29, 1.82) is 0 Å². The van der Waals surface area contributed by atoms with Crippen molar-refractivity contribution < 1.29 is 23.5 Å². The summed E-state index contributed by atoms with van der Waals surface area (Å²) in [5, 5.41) is 15.2. The number of Topliss-reactive ketones (excluding diaryl/α,β-unsaturated/α-hetero) is 1. The number of halogens is 2. The summed E-state index contributed by atoms with van der Waals surface area (Å²) in [4.78, 5) is 24.4. The van der Waals surface area contributed by atoms with E-state index in [0.29, 0.717) is 12.1 Å². The van der Waals surface area contributed by atoms with Crippen LogP contribution in [-0.2, 0) is 11.8 Å². The van der Waals surface area contributed by atoms with Crippen LogP contribution in [0.4, 0.5) is 14.5 Å². The number of carbonyl (C=O) groups is 2. The maximum Gasteiger partial charge on any atom is 0.282 e. The Labute approximate surface area is 148 Å². The number of nitrogens with zero attached hydrogens (tertiary/aromatic N) is 2. The number of ketones is 1. The summed E-state index contributed by atoms with van der Waals surface area (Å²) in [7, 11) is 1.47. The van der Waals surface area contributed by atoms with E-state index in [9.17, 15) is 18.4 Å². The van der Waals surface area contributed by atoms with Crippen LogP contribution in [0, 0.1) is 5.92 Å². The summed E-state index contributed by atoms with van der Waals surface area (Å²) in [6.07, 6.45) is -0.829. The Balaban J connectivity index is 1.80. The van der Waals surface area contributed by atoms with E-state index < -0.39 is 18.0 Å². The second kappa shape index (κ2) is 7.33. The van der Waals surface area contributed by atoms with E-state index in [4.69, 9.17) is 5.11 Å². The lowest BCUT2D eigenvalue weighted by Crippen LogP contribution is -2.15. The van der Waals surface area contributed by atoms with E-state index in [2.05, 4.69) is 10.4 Å². The molecular formula is C18H19F2N3O3. The molecule has 2 atom stereocenters. The first-order chi connectivity index (χ1) is 12.4. The van der Waals surface area contributed by atoms with Gasteiger partial charge in [-0.15, -0.1) is 0 Å². The smallest absolute Gasteiger partial charge is 0.282 e. The predicted octanol–water partition coefficient (Wildman–Crippen LogP) is 2.67. The number of nitrogens with one attached hydrogen (secondary N) is 1. The SMILES string of the molecule is Cn1cc(C(=O)Nc2ccccc2[C@H]2C[C@@H]2C(=O)CCO)c(C(F)F)n1. The van der Waals surface area contributed by atoms with Crippen molar-refractivity contribution in [2.45, 2.75) is 25.2 Å². The van der Waals surface area contributed by atoms with Gasteiger partial charge in [0.05, 0.1) is 5.56 Å². The maximum atomic E-state index is 13.1. The van der Waals surface area contributed by atoms with E-state index in [0.717, 1.165) is 5.56 Å². The van der Waals surface area contributed by atoms with Gasteiger partial charge in [-0.2, -0.15) is 5.10 Å². The van der Waals surface area contributed by atoms with Crippen LogP contribution in [0.2, 0.25) is 0 Å². The minimum atomic E-state index is -2.85. The van der Waals surface area contributed by atoms with Crippen LogP contribution >= 0.6 is 0 Å². The lowest BCUT2D eigenvalue weighted by molar-refractivity contribution is -0.120. The Morgan fingerprint density at radius 1 is 1.38 bits per heavy atom. The summed E-state index contributed by atoms with van der Waals surface area (Å²) in [6.45, 7) is -0.183. The third-order valence-electron chi connectivity index (χ3n) is 4.48. The number of aryl methyl sites for hydroxylation is 1. The summed E-state index contributed by atoms with van der Waals surface area (Å²) in [5.74, 6) is -0.880.